The molecule has 1 saturated heterocycles. The third kappa shape index (κ3) is 4.66. The Hall–Kier alpha value is 0.840. The number of rotatable bonds is 3. The SMILES string of the molecule is CC(C)(OC(=O)c1cc(I)cc(I)c1I)C1CC[NH2+]CC1. The molecular formula is C15H19I3NO2+. The number of carbonyl (C=O) groups excluding carboxylic acids is 1. The average Bonchev–Trinajstić information content (AvgIpc) is 2.43. The maximum atomic E-state index is 12.6. The second-order valence-corrected chi connectivity index (χ2v) is 9.37. The van der Waals surface area contributed by atoms with E-state index in [1.54, 1.807) is 0 Å². The van der Waals surface area contributed by atoms with Crippen molar-refractivity contribution in [1.29, 1.82) is 0 Å². The van der Waals surface area contributed by atoms with Crippen LogP contribution in [-0.4, -0.2) is 24.7 Å². The number of nitrogens with two attached hydrogens (primary N) is 1. The molecule has 0 saturated carbocycles. The number of carbonyl (C=O) groups is 1. The summed E-state index contributed by atoms with van der Waals surface area (Å²) in [6.45, 7) is 6.36. The summed E-state index contributed by atoms with van der Waals surface area (Å²) in [7, 11) is 0. The van der Waals surface area contributed by atoms with Gasteiger partial charge in [-0.1, -0.05) is 0 Å². The van der Waals surface area contributed by atoms with E-state index in [0.29, 0.717) is 11.5 Å². The predicted octanol–water partition coefficient (Wildman–Crippen LogP) is 3.41. The molecule has 0 amide bonds. The van der Waals surface area contributed by atoms with E-state index < -0.39 is 5.60 Å². The zero-order chi connectivity index (χ0) is 15.6. The molecule has 1 aromatic carbocycles. The molecule has 0 aromatic heterocycles. The van der Waals surface area contributed by atoms with Gasteiger partial charge in [-0.3, -0.25) is 0 Å². The largest absolute Gasteiger partial charge is 0.456 e. The molecule has 0 bridgehead atoms. The maximum absolute atomic E-state index is 12.6. The normalized spacial score (nSPS) is 16.8. The van der Waals surface area contributed by atoms with Crippen molar-refractivity contribution in [3.8, 4) is 0 Å². The van der Waals surface area contributed by atoms with Crippen LogP contribution in [0.5, 0.6) is 0 Å². The summed E-state index contributed by atoms with van der Waals surface area (Å²) in [5, 5.41) is 2.33. The zero-order valence-corrected chi connectivity index (χ0v) is 18.6. The van der Waals surface area contributed by atoms with Gasteiger partial charge in [-0.25, -0.2) is 4.79 Å². The van der Waals surface area contributed by atoms with Gasteiger partial charge in [0.2, 0.25) is 0 Å². The highest BCUT2D eigenvalue weighted by molar-refractivity contribution is 14.1. The van der Waals surface area contributed by atoms with Crippen molar-refractivity contribution >= 4 is 73.7 Å². The van der Waals surface area contributed by atoms with Crippen molar-refractivity contribution in [3.05, 3.63) is 28.4 Å². The highest BCUT2D eigenvalue weighted by Crippen LogP contribution is 2.30. The van der Waals surface area contributed by atoms with Gasteiger partial charge >= 0.3 is 5.97 Å². The van der Waals surface area contributed by atoms with Gasteiger partial charge in [0.25, 0.3) is 0 Å². The standard InChI is InChI=1S/C15H18I3NO2/c1-15(2,9-3-5-19-6-4-9)21-14(20)11-7-10(16)8-12(17)13(11)18/h7-9,19H,3-6H2,1-2H3/p+1. The van der Waals surface area contributed by atoms with Crippen LogP contribution in [-0.2, 0) is 4.74 Å². The number of quaternary nitrogens is 1. The van der Waals surface area contributed by atoms with E-state index in [2.05, 4.69) is 79.2 Å². The highest BCUT2D eigenvalue weighted by atomic mass is 127. The van der Waals surface area contributed by atoms with E-state index in [1.807, 2.05) is 19.9 Å². The Morgan fingerprint density at radius 2 is 1.86 bits per heavy atom. The molecule has 0 radical (unpaired) electrons. The van der Waals surface area contributed by atoms with Crippen LogP contribution in [0.3, 0.4) is 0 Å². The predicted molar refractivity (Wildman–Crippen MR) is 108 cm³/mol. The zero-order valence-electron chi connectivity index (χ0n) is 12.1. The molecule has 1 aliphatic rings. The molecule has 0 unspecified atom stereocenters. The average molecular weight is 626 g/mol. The fourth-order valence-corrected chi connectivity index (χ4v) is 5.08. The van der Waals surface area contributed by atoms with Gasteiger partial charge in [0.05, 0.1) is 18.7 Å². The molecule has 1 aliphatic heterocycles. The van der Waals surface area contributed by atoms with Crippen molar-refractivity contribution in [2.24, 2.45) is 5.92 Å². The maximum Gasteiger partial charge on any atom is 0.339 e. The molecule has 116 valence electrons. The Balaban J connectivity index is 2.17. The van der Waals surface area contributed by atoms with Crippen LogP contribution in [0, 0.1) is 16.6 Å². The number of piperidine rings is 1. The fourth-order valence-electron chi connectivity index (χ4n) is 2.70. The van der Waals surface area contributed by atoms with Gasteiger partial charge in [-0.2, -0.15) is 0 Å². The van der Waals surface area contributed by atoms with Crippen molar-refractivity contribution in [2.45, 2.75) is 32.3 Å². The quantitative estimate of drug-likeness (QED) is 0.318. The first-order chi connectivity index (χ1) is 9.81. The molecule has 1 aromatic rings. The van der Waals surface area contributed by atoms with Gasteiger partial charge in [0.15, 0.2) is 0 Å². The Labute approximate surface area is 166 Å². The van der Waals surface area contributed by atoms with Crippen LogP contribution in [0.15, 0.2) is 12.1 Å². The minimum absolute atomic E-state index is 0.199. The lowest BCUT2D eigenvalue weighted by molar-refractivity contribution is -0.665. The molecule has 21 heavy (non-hydrogen) atoms. The van der Waals surface area contributed by atoms with E-state index >= 15 is 0 Å². The molecule has 3 nitrogen and oxygen atoms in total. The summed E-state index contributed by atoms with van der Waals surface area (Å²) in [6.07, 6.45) is 2.22. The van der Waals surface area contributed by atoms with Crippen molar-refractivity contribution < 1.29 is 14.8 Å². The monoisotopic (exact) mass is 626 g/mol. The summed E-state index contributed by atoms with van der Waals surface area (Å²) in [5.41, 5.74) is 0.281. The van der Waals surface area contributed by atoms with Gasteiger partial charge < -0.3 is 10.1 Å². The Morgan fingerprint density at radius 1 is 1.24 bits per heavy atom. The smallest absolute Gasteiger partial charge is 0.339 e. The summed E-state index contributed by atoms with van der Waals surface area (Å²) in [6, 6.07) is 3.99. The van der Waals surface area contributed by atoms with Crippen LogP contribution in [0.1, 0.15) is 37.0 Å². The lowest BCUT2D eigenvalue weighted by Crippen LogP contribution is -2.86. The molecule has 2 N–H and O–H groups in total. The topological polar surface area (TPSA) is 42.9 Å². The first kappa shape index (κ1) is 18.2. The molecule has 2 rings (SSSR count). The first-order valence-electron chi connectivity index (χ1n) is 7.01. The van der Waals surface area contributed by atoms with Gasteiger partial charge in [0, 0.05) is 29.5 Å². The first-order valence-corrected chi connectivity index (χ1v) is 10.2. The van der Waals surface area contributed by atoms with E-state index in [1.165, 1.54) is 0 Å². The lowest BCUT2D eigenvalue weighted by Gasteiger charge is -2.35. The van der Waals surface area contributed by atoms with Gasteiger partial charge in [-0.05, 0) is 93.8 Å². The highest BCUT2D eigenvalue weighted by Gasteiger charge is 2.36. The Kier molecular flexibility index (Phi) is 6.59. The molecule has 0 atom stereocenters. The number of ether oxygens (including phenoxy) is 1. The fraction of sp³-hybridized carbons (Fsp3) is 0.533. The van der Waals surface area contributed by atoms with Crippen molar-refractivity contribution in [1.82, 2.24) is 0 Å². The van der Waals surface area contributed by atoms with Gasteiger partial charge in [0.1, 0.15) is 5.60 Å². The summed E-state index contributed by atoms with van der Waals surface area (Å²) >= 11 is 6.73. The van der Waals surface area contributed by atoms with Crippen LogP contribution in [0.25, 0.3) is 0 Å². The number of hydrogen-bond donors (Lipinski definition) is 1. The van der Waals surface area contributed by atoms with E-state index in [9.17, 15) is 4.79 Å². The van der Waals surface area contributed by atoms with Crippen molar-refractivity contribution in [3.63, 3.8) is 0 Å². The number of halogens is 3. The van der Waals surface area contributed by atoms with Crippen molar-refractivity contribution in [2.75, 3.05) is 13.1 Å². The Bertz CT molecular complexity index is 540. The number of benzene rings is 1. The molecule has 0 aliphatic carbocycles. The summed E-state index contributed by atoms with van der Waals surface area (Å²) < 4.78 is 9.03. The minimum Gasteiger partial charge on any atom is -0.456 e. The minimum atomic E-state index is -0.402. The third-order valence-electron chi connectivity index (χ3n) is 3.99. The van der Waals surface area contributed by atoms with E-state index in [-0.39, 0.29) is 5.97 Å². The van der Waals surface area contributed by atoms with E-state index in [4.69, 9.17) is 4.74 Å². The molecule has 1 heterocycles. The summed E-state index contributed by atoms with van der Waals surface area (Å²) in [5.74, 6) is 0.251. The van der Waals surface area contributed by atoms with Crippen LogP contribution < -0.4 is 5.32 Å². The number of hydrogen-bond acceptors (Lipinski definition) is 2. The van der Waals surface area contributed by atoms with Crippen LogP contribution >= 0.6 is 67.8 Å². The molecule has 0 spiro atoms. The molecular weight excluding hydrogens is 607 g/mol. The third-order valence-corrected chi connectivity index (χ3v) is 7.66. The molecule has 1 fully saturated rings. The summed E-state index contributed by atoms with van der Waals surface area (Å²) in [4.78, 5) is 12.6. The lowest BCUT2D eigenvalue weighted by atomic mass is 9.83. The Morgan fingerprint density at radius 3 is 2.48 bits per heavy atom. The second kappa shape index (κ2) is 7.61. The molecule has 6 heteroatoms. The number of esters is 1. The van der Waals surface area contributed by atoms with Gasteiger partial charge in [-0.15, -0.1) is 0 Å². The van der Waals surface area contributed by atoms with E-state index in [0.717, 1.165) is 36.6 Å². The van der Waals surface area contributed by atoms with Crippen LogP contribution in [0.2, 0.25) is 0 Å². The van der Waals surface area contributed by atoms with Crippen LogP contribution in [0.4, 0.5) is 0 Å². The second-order valence-electron chi connectivity index (χ2n) is 5.88.